The summed E-state index contributed by atoms with van der Waals surface area (Å²) in [5.41, 5.74) is 6.19. The van der Waals surface area contributed by atoms with Crippen LogP contribution in [0.15, 0.2) is 0 Å². The maximum absolute atomic E-state index is 13.3. The van der Waals surface area contributed by atoms with E-state index in [0.717, 1.165) is 0 Å². The molecule has 760 valence electrons. The minimum absolute atomic E-state index is 0.114. The molecule has 21 aliphatic rings. The highest BCUT2D eigenvalue weighted by atomic mass is 28.4. The molecule has 21 rings (SSSR count). The number of hydrogen-bond donors (Lipinski definition) is 14. The number of nitrogens with two attached hydrogens (primary N) is 1. The number of aliphatic hydroxyl groups is 13. The molecule has 0 aromatic carbocycles. The summed E-state index contributed by atoms with van der Waals surface area (Å²) >= 11 is 0. The van der Waals surface area contributed by atoms with Crippen LogP contribution >= 0.6 is 0 Å². The summed E-state index contributed by atoms with van der Waals surface area (Å²) in [6.45, 7) is 67.1. The van der Waals surface area contributed by atoms with Gasteiger partial charge in [-0.15, -0.1) is 0 Å². The summed E-state index contributed by atoms with van der Waals surface area (Å²) in [4.78, 5) is 0. The molecule has 0 aromatic rings. The Balaban J connectivity index is 1.33. The Morgan fingerprint density at radius 1 is 0.202 bits per heavy atom. The van der Waals surface area contributed by atoms with Gasteiger partial charge in [0.2, 0.25) is 0 Å². The van der Waals surface area contributed by atoms with Crippen LogP contribution in [-0.4, -0.2) is 399 Å². The van der Waals surface area contributed by atoms with Crippen LogP contribution in [0.5, 0.6) is 0 Å². The van der Waals surface area contributed by atoms with Gasteiger partial charge in [0.1, 0.15) is 171 Å². The fourth-order valence-corrected chi connectivity index (χ4v) is 21.3. The molecule has 0 aromatic heterocycles. The number of aliphatic hydroxyl groups excluding tert-OH is 13. The first-order valence-electron chi connectivity index (χ1n) is 46.3. The maximum atomic E-state index is 13.3. The molecule has 0 amide bonds. The van der Waals surface area contributed by atoms with Gasteiger partial charge in [0, 0.05) is 6.54 Å². The van der Waals surface area contributed by atoms with E-state index in [9.17, 15) is 66.4 Å². The molecule has 0 unspecified atom stereocenters. The van der Waals surface area contributed by atoms with Crippen molar-refractivity contribution in [2.75, 3.05) is 59.4 Å². The highest BCUT2D eigenvalue weighted by molar-refractivity contribution is 6.76. The molecule has 14 bridgehead atoms. The molecule has 35 atom stereocenters. The van der Waals surface area contributed by atoms with Crippen LogP contribution < -0.4 is 5.73 Å². The van der Waals surface area contributed by atoms with Crippen LogP contribution in [-0.2, 0) is 102 Å². The second kappa shape index (κ2) is 42.7. The zero-order chi connectivity index (χ0) is 98.1. The van der Waals surface area contributed by atoms with Crippen LogP contribution in [0, 0.1) is 0 Å². The Morgan fingerprint density at radius 3 is 0.473 bits per heavy atom. The molecule has 15 N–H and O–H groups in total. The van der Waals surface area contributed by atoms with Crippen LogP contribution in [0.25, 0.3) is 0 Å². The van der Waals surface area contributed by atoms with Gasteiger partial charge in [0.15, 0.2) is 102 Å². The normalized spacial score (nSPS) is 39.8. The molecular formula is C86H173NO35Si7. The van der Waals surface area contributed by atoms with Crippen molar-refractivity contribution in [1.82, 2.24) is 0 Å². The number of ether oxygens (including phenoxy) is 15. The summed E-state index contributed by atoms with van der Waals surface area (Å²) in [6, 6.07) is 0. The van der Waals surface area contributed by atoms with Gasteiger partial charge in [-0.05, 0) is 127 Å². The minimum Gasteiger partial charge on any atom is -0.414 e. The largest absolute Gasteiger partial charge is 0.414 e. The summed E-state index contributed by atoms with van der Waals surface area (Å²) in [5, 5.41) is 164. The summed E-state index contributed by atoms with van der Waals surface area (Å²) in [6.07, 6.45) is -63.8. The third kappa shape index (κ3) is 26.5. The van der Waals surface area contributed by atoms with Gasteiger partial charge in [-0.1, -0.05) is 145 Å². The zero-order valence-electron chi connectivity index (χ0n) is 83.9. The Labute approximate surface area is 774 Å². The standard InChI is InChI=1S/C86H173NO35Si7/c1-80(2,3)123(22,23)102-38-45-65-52(88)58(94)74(109-45)117-67-47(40-104-125(26,27)82(7,8)9)111-76(60(96)54(67)90)119-69-49(42-106-127(30,31)84(13,14)15)113-78(62(98)56(69)92)121-71-51(44-108-129(34,35)86(19,20)21)115-79(72(64(71)100)101-37-36-87)122-70-50(43-107-128(32,33)85(16,17)18)114-77(63(99)57(70)93)120-68-48(41-105-126(28,29)83(10,11)12)112-75(61(97)55(68)91)118-66-46(39-103-124(24,25)81(4,5)6)110-73(116-65)59(95)53(66)89/h45-79,88-100H,36-44,87H2,1-35H3/t45-,46-,47-,48-,49-,50-,51-,52-,53-,54-,55-,56-,57-,58-,59-,60-,61-,62-,63-,64+,65-,66-,67-,68-,69-,70-,71-,72+,73-,74-,75-,76-,77-,78-,79-/m0/s1. The van der Waals surface area contributed by atoms with Crippen molar-refractivity contribution in [2.45, 2.75) is 487 Å². The summed E-state index contributed by atoms with van der Waals surface area (Å²) in [7, 11) is -19.7. The van der Waals surface area contributed by atoms with E-state index in [2.05, 4.69) is 0 Å². The smallest absolute Gasteiger partial charge is 0.192 e. The van der Waals surface area contributed by atoms with E-state index in [-0.39, 0.29) is 59.4 Å². The van der Waals surface area contributed by atoms with E-state index < -0.39 is 308 Å². The van der Waals surface area contributed by atoms with Crippen LogP contribution in [0.3, 0.4) is 0 Å². The Hall–Kier alpha value is 0.0782. The molecule has 21 heterocycles. The summed E-state index contributed by atoms with van der Waals surface area (Å²) in [5.74, 6) is 0. The SMILES string of the molecule is CC(C)(C)[Si](C)(C)OC[C@@H]1O[C@H]2O[C@@H]3[C@@H](O)[C@H](O)[C@H](O[C@@H]4[C@@H](O)[C@H](O)[C@H](O[C@@H]5[C@@H](O)[C@H](O)[C@H](O[C@@H]6[C@@H](O)[C@H](O)[C@H](O[C@@H]7[C@@H](O)[C@H](O)[C@H](O[C@@H]8[C@@H](O)[C@H](O)[C@H](O[C@@H]1[C@@H](O)[C@H]2OCCN)O[C@H]8CO[Si](C)(C)C(C)(C)C)O[C@H]7CO[Si](C)(C)C(C)(C)C)O[C@H]6CO[Si](C)(C)C(C)(C)C)O[C@H]5CO[Si](C)(C)C(C)(C)C)O[C@H]4CO[Si](C)(C)C(C)(C)C)O[C@H]3CO[Si](C)(C)C(C)(C)C. The number of hydrogen-bond acceptors (Lipinski definition) is 36. The van der Waals surface area contributed by atoms with Crippen molar-refractivity contribution in [1.29, 1.82) is 0 Å². The molecule has 0 saturated carbocycles. The monoisotopic (exact) mass is 1980 g/mol. The van der Waals surface area contributed by atoms with Crippen molar-refractivity contribution in [3.63, 3.8) is 0 Å². The molecule has 36 nitrogen and oxygen atoms in total. The Morgan fingerprint density at radius 2 is 0.333 bits per heavy atom. The fourth-order valence-electron chi connectivity index (χ4n) is 14.2. The molecule has 0 spiro atoms. The molecule has 21 fully saturated rings. The fraction of sp³-hybridized carbons (Fsp3) is 1.00. The van der Waals surface area contributed by atoms with Crippen molar-refractivity contribution in [3.05, 3.63) is 0 Å². The maximum Gasteiger partial charge on any atom is 0.192 e. The lowest BCUT2D eigenvalue weighted by Gasteiger charge is -2.51. The molecular weight excluding hydrogens is 1800 g/mol. The molecule has 0 radical (unpaired) electrons. The average Bonchev–Trinajstić information content (AvgIpc) is 0.833. The van der Waals surface area contributed by atoms with Crippen molar-refractivity contribution < 1.29 is 168 Å². The van der Waals surface area contributed by atoms with Gasteiger partial charge in [-0.25, -0.2) is 0 Å². The van der Waals surface area contributed by atoms with Gasteiger partial charge in [0.25, 0.3) is 0 Å². The third-order valence-corrected chi connectivity index (χ3v) is 62.3. The number of rotatable bonds is 24. The topological polar surface area (TPSA) is 492 Å². The van der Waals surface area contributed by atoms with E-state index >= 15 is 0 Å². The average molecular weight is 1980 g/mol. The molecule has 21 aliphatic heterocycles. The van der Waals surface area contributed by atoms with Gasteiger partial charge >= 0.3 is 0 Å². The predicted octanol–water partition coefficient (Wildman–Crippen LogP) is 5.96. The quantitative estimate of drug-likeness (QED) is 0.0496. The lowest BCUT2D eigenvalue weighted by atomic mass is 9.95. The van der Waals surface area contributed by atoms with Crippen LogP contribution in [0.2, 0.25) is 127 Å². The van der Waals surface area contributed by atoms with Crippen molar-refractivity contribution in [3.8, 4) is 0 Å². The summed E-state index contributed by atoms with van der Waals surface area (Å²) < 4.78 is 149. The van der Waals surface area contributed by atoms with E-state index in [4.69, 9.17) is 108 Å². The van der Waals surface area contributed by atoms with Crippen molar-refractivity contribution >= 4 is 58.2 Å². The molecule has 21 saturated heterocycles. The van der Waals surface area contributed by atoms with Crippen molar-refractivity contribution in [2.24, 2.45) is 5.73 Å². The molecule has 129 heavy (non-hydrogen) atoms. The minimum atomic E-state index is -2.82. The lowest BCUT2D eigenvalue weighted by Crippen LogP contribution is -2.69. The molecule has 43 heteroatoms. The highest BCUT2D eigenvalue weighted by Crippen LogP contribution is 2.48. The second-order valence-corrected chi connectivity index (χ2v) is 81.2. The highest BCUT2D eigenvalue weighted by Gasteiger charge is 2.63. The van der Waals surface area contributed by atoms with Gasteiger partial charge in [-0.2, -0.15) is 0 Å². The lowest BCUT2D eigenvalue weighted by molar-refractivity contribution is -0.397. The Bertz CT molecular complexity index is 3440. The van der Waals surface area contributed by atoms with E-state index in [1.54, 1.807) is 0 Å². The van der Waals surface area contributed by atoms with Gasteiger partial charge in [-0.3, -0.25) is 0 Å². The zero-order valence-corrected chi connectivity index (χ0v) is 90.9. The Kier molecular flexibility index (Phi) is 37.9. The van der Waals surface area contributed by atoms with E-state index in [1.807, 2.05) is 237 Å². The third-order valence-electron chi connectivity index (χ3n) is 30.8. The van der Waals surface area contributed by atoms with E-state index in [1.165, 1.54) is 0 Å². The van der Waals surface area contributed by atoms with Gasteiger partial charge < -0.3 is 174 Å². The van der Waals surface area contributed by atoms with Gasteiger partial charge in [0.05, 0.1) is 52.9 Å². The van der Waals surface area contributed by atoms with E-state index in [0.29, 0.717) is 0 Å². The first-order valence-corrected chi connectivity index (χ1v) is 66.6. The first kappa shape index (κ1) is 114. The van der Waals surface area contributed by atoms with Crippen LogP contribution in [0.1, 0.15) is 145 Å². The molecule has 0 aliphatic carbocycles. The second-order valence-electron chi connectivity index (χ2n) is 47.5. The van der Waals surface area contributed by atoms with Crippen LogP contribution in [0.4, 0.5) is 0 Å². The first-order chi connectivity index (χ1) is 58.5. The predicted molar refractivity (Wildman–Crippen MR) is 494 cm³/mol.